The third-order valence-corrected chi connectivity index (χ3v) is 4.30. The molecule has 0 aliphatic heterocycles. The molecule has 0 saturated carbocycles. The Hall–Kier alpha value is -1.55. The molecule has 1 heterocycles. The second kappa shape index (κ2) is 5.61. The van der Waals surface area contributed by atoms with Crippen LogP contribution in [0.25, 0.3) is 0 Å². The van der Waals surface area contributed by atoms with Crippen molar-refractivity contribution in [2.45, 2.75) is 40.3 Å². The Kier molecular flexibility index (Phi) is 4.10. The van der Waals surface area contributed by atoms with E-state index in [0.29, 0.717) is 6.04 Å². The SMILES string of the molecule is Cc1nc(N(Cc2cccc(N)c2)C(C)C)sc1C. The molecule has 0 spiro atoms. The predicted molar refractivity (Wildman–Crippen MR) is 83.8 cm³/mol. The molecule has 4 heteroatoms. The zero-order valence-corrected chi connectivity index (χ0v) is 12.8. The number of anilines is 2. The number of nitrogens with zero attached hydrogens (tertiary/aromatic N) is 2. The van der Waals surface area contributed by atoms with Crippen molar-refractivity contribution in [1.29, 1.82) is 0 Å². The first-order valence-electron chi connectivity index (χ1n) is 6.52. The minimum absolute atomic E-state index is 0.409. The van der Waals surface area contributed by atoms with Gasteiger partial charge in [-0.05, 0) is 45.4 Å². The number of hydrogen-bond donors (Lipinski definition) is 1. The summed E-state index contributed by atoms with van der Waals surface area (Å²) in [6.45, 7) is 9.41. The molecule has 3 nitrogen and oxygen atoms in total. The van der Waals surface area contributed by atoms with Crippen LogP contribution in [0, 0.1) is 13.8 Å². The summed E-state index contributed by atoms with van der Waals surface area (Å²) in [6, 6.07) is 8.47. The lowest BCUT2D eigenvalue weighted by Crippen LogP contribution is -2.30. The Morgan fingerprint density at radius 1 is 1.32 bits per heavy atom. The summed E-state index contributed by atoms with van der Waals surface area (Å²) >= 11 is 1.76. The maximum Gasteiger partial charge on any atom is 0.186 e. The summed E-state index contributed by atoms with van der Waals surface area (Å²) in [5.74, 6) is 0. The van der Waals surface area contributed by atoms with Crippen LogP contribution >= 0.6 is 11.3 Å². The Morgan fingerprint density at radius 3 is 2.58 bits per heavy atom. The van der Waals surface area contributed by atoms with Gasteiger partial charge in [0.1, 0.15) is 0 Å². The lowest BCUT2D eigenvalue weighted by Gasteiger charge is -2.26. The van der Waals surface area contributed by atoms with Crippen LogP contribution in [-0.4, -0.2) is 11.0 Å². The smallest absolute Gasteiger partial charge is 0.186 e. The number of aromatic nitrogens is 1. The van der Waals surface area contributed by atoms with Crippen LogP contribution in [0.15, 0.2) is 24.3 Å². The average molecular weight is 275 g/mol. The monoisotopic (exact) mass is 275 g/mol. The van der Waals surface area contributed by atoms with Gasteiger partial charge in [0.05, 0.1) is 5.69 Å². The van der Waals surface area contributed by atoms with Crippen LogP contribution in [0.1, 0.15) is 30.0 Å². The van der Waals surface area contributed by atoms with Gasteiger partial charge in [0.2, 0.25) is 0 Å². The molecule has 0 atom stereocenters. The van der Waals surface area contributed by atoms with Crippen LogP contribution in [-0.2, 0) is 6.54 Å². The molecule has 0 amide bonds. The second-order valence-corrected chi connectivity index (χ2v) is 6.29. The fraction of sp³-hybridized carbons (Fsp3) is 0.400. The van der Waals surface area contributed by atoms with Crippen molar-refractivity contribution in [1.82, 2.24) is 4.98 Å². The quantitative estimate of drug-likeness (QED) is 0.864. The van der Waals surface area contributed by atoms with Crippen molar-refractivity contribution in [2.75, 3.05) is 10.6 Å². The highest BCUT2D eigenvalue weighted by atomic mass is 32.1. The van der Waals surface area contributed by atoms with Crippen molar-refractivity contribution >= 4 is 22.2 Å². The van der Waals surface area contributed by atoms with Crippen LogP contribution in [0.3, 0.4) is 0 Å². The number of nitrogen functional groups attached to an aromatic ring is 1. The highest BCUT2D eigenvalue weighted by molar-refractivity contribution is 7.15. The van der Waals surface area contributed by atoms with E-state index in [0.717, 1.165) is 23.1 Å². The van der Waals surface area contributed by atoms with Crippen molar-refractivity contribution in [3.05, 3.63) is 40.4 Å². The number of hydrogen-bond acceptors (Lipinski definition) is 4. The molecule has 0 radical (unpaired) electrons. The number of nitrogens with two attached hydrogens (primary N) is 1. The van der Waals surface area contributed by atoms with E-state index in [1.807, 2.05) is 18.2 Å². The topological polar surface area (TPSA) is 42.2 Å². The molecular formula is C15H21N3S. The van der Waals surface area contributed by atoms with Crippen molar-refractivity contribution in [3.8, 4) is 0 Å². The molecule has 102 valence electrons. The Labute approximate surface area is 119 Å². The summed E-state index contributed by atoms with van der Waals surface area (Å²) in [4.78, 5) is 8.27. The number of thiazole rings is 1. The molecule has 1 aromatic heterocycles. The molecule has 0 aliphatic rings. The van der Waals surface area contributed by atoms with Crippen LogP contribution < -0.4 is 10.6 Å². The summed E-state index contributed by atoms with van der Waals surface area (Å²) in [6.07, 6.45) is 0. The molecule has 0 aliphatic carbocycles. The largest absolute Gasteiger partial charge is 0.399 e. The summed E-state index contributed by atoms with van der Waals surface area (Å²) < 4.78 is 0. The molecule has 1 aromatic carbocycles. The van der Waals surface area contributed by atoms with Gasteiger partial charge in [-0.15, -0.1) is 11.3 Å². The van der Waals surface area contributed by atoms with Crippen LogP contribution in [0.2, 0.25) is 0 Å². The van der Waals surface area contributed by atoms with Gasteiger partial charge in [0, 0.05) is 23.2 Å². The molecule has 2 N–H and O–H groups in total. The van der Waals surface area contributed by atoms with E-state index in [4.69, 9.17) is 5.73 Å². The van der Waals surface area contributed by atoms with Crippen LogP contribution in [0.5, 0.6) is 0 Å². The lowest BCUT2D eigenvalue weighted by molar-refractivity contribution is 0.679. The van der Waals surface area contributed by atoms with E-state index in [1.165, 1.54) is 10.4 Å². The molecule has 19 heavy (non-hydrogen) atoms. The fourth-order valence-electron chi connectivity index (χ4n) is 1.94. The van der Waals surface area contributed by atoms with Crippen LogP contribution in [0.4, 0.5) is 10.8 Å². The second-order valence-electron chi connectivity index (χ2n) is 5.10. The first-order chi connectivity index (χ1) is 8.97. The van der Waals surface area contributed by atoms with E-state index in [9.17, 15) is 0 Å². The average Bonchev–Trinajstić information content (AvgIpc) is 2.66. The molecule has 2 rings (SSSR count). The zero-order chi connectivity index (χ0) is 14.0. The first-order valence-corrected chi connectivity index (χ1v) is 7.34. The molecule has 2 aromatic rings. The normalized spacial score (nSPS) is 11.0. The fourth-order valence-corrected chi connectivity index (χ4v) is 2.98. The van der Waals surface area contributed by atoms with E-state index < -0.39 is 0 Å². The first kappa shape index (κ1) is 13.9. The van der Waals surface area contributed by atoms with Crippen molar-refractivity contribution in [3.63, 3.8) is 0 Å². The van der Waals surface area contributed by atoms with Crippen molar-refractivity contribution in [2.24, 2.45) is 0 Å². The maximum absolute atomic E-state index is 5.85. The third kappa shape index (κ3) is 3.26. The van der Waals surface area contributed by atoms with Gasteiger partial charge in [-0.25, -0.2) is 4.98 Å². The maximum atomic E-state index is 5.85. The minimum Gasteiger partial charge on any atom is -0.399 e. The standard InChI is InChI=1S/C15H21N3S/c1-10(2)18(15-17-11(3)12(4)19-15)9-13-6-5-7-14(16)8-13/h5-8,10H,9,16H2,1-4H3. The van der Waals surface area contributed by atoms with Crippen molar-refractivity contribution < 1.29 is 0 Å². The van der Waals surface area contributed by atoms with Gasteiger partial charge < -0.3 is 10.6 Å². The molecular weight excluding hydrogens is 254 g/mol. The minimum atomic E-state index is 0.409. The number of benzene rings is 1. The summed E-state index contributed by atoms with van der Waals surface area (Å²) in [7, 11) is 0. The van der Waals surface area contributed by atoms with E-state index in [2.05, 4.69) is 43.6 Å². The van der Waals surface area contributed by atoms with Gasteiger partial charge >= 0.3 is 0 Å². The highest BCUT2D eigenvalue weighted by Gasteiger charge is 2.16. The molecule has 0 bridgehead atoms. The van der Waals surface area contributed by atoms with E-state index in [-0.39, 0.29) is 0 Å². The number of aryl methyl sites for hydroxylation is 2. The summed E-state index contributed by atoms with van der Waals surface area (Å²) in [5.41, 5.74) is 9.00. The summed E-state index contributed by atoms with van der Waals surface area (Å²) in [5, 5.41) is 1.09. The van der Waals surface area contributed by atoms with E-state index >= 15 is 0 Å². The van der Waals surface area contributed by atoms with Gasteiger partial charge in [-0.3, -0.25) is 0 Å². The third-order valence-electron chi connectivity index (χ3n) is 3.19. The Morgan fingerprint density at radius 2 is 2.05 bits per heavy atom. The predicted octanol–water partition coefficient (Wildman–Crippen LogP) is 3.76. The molecule has 0 saturated heterocycles. The van der Waals surface area contributed by atoms with Gasteiger partial charge in [-0.2, -0.15) is 0 Å². The molecule has 0 unspecified atom stereocenters. The highest BCUT2D eigenvalue weighted by Crippen LogP contribution is 2.28. The Bertz CT molecular complexity index is 541. The van der Waals surface area contributed by atoms with Gasteiger partial charge in [0.15, 0.2) is 5.13 Å². The number of rotatable bonds is 4. The van der Waals surface area contributed by atoms with Gasteiger partial charge in [0.25, 0.3) is 0 Å². The van der Waals surface area contributed by atoms with E-state index in [1.54, 1.807) is 11.3 Å². The molecule has 0 fully saturated rings. The zero-order valence-electron chi connectivity index (χ0n) is 12.0. The van der Waals surface area contributed by atoms with Gasteiger partial charge in [-0.1, -0.05) is 12.1 Å². The lowest BCUT2D eigenvalue weighted by atomic mass is 10.2. The Balaban J connectivity index is 2.26.